The van der Waals surface area contributed by atoms with Crippen LogP contribution in [0, 0.1) is 5.92 Å². The first kappa shape index (κ1) is 20.4. The number of benzene rings is 1. The van der Waals surface area contributed by atoms with Gasteiger partial charge in [-0.25, -0.2) is 0 Å². The lowest BCUT2D eigenvalue weighted by atomic mass is 9.92. The molecule has 29 heavy (non-hydrogen) atoms. The maximum Gasteiger partial charge on any atom is 0.258 e. The van der Waals surface area contributed by atoms with Crippen molar-refractivity contribution in [1.82, 2.24) is 9.80 Å². The molecule has 0 atom stereocenters. The number of furan rings is 1. The predicted molar refractivity (Wildman–Crippen MR) is 115 cm³/mol. The fourth-order valence-electron chi connectivity index (χ4n) is 4.62. The van der Waals surface area contributed by atoms with Gasteiger partial charge in [0.2, 0.25) is 0 Å². The molecule has 4 rings (SSSR count). The van der Waals surface area contributed by atoms with Gasteiger partial charge in [0.15, 0.2) is 0 Å². The summed E-state index contributed by atoms with van der Waals surface area (Å²) in [5.41, 5.74) is 1.64. The third-order valence-electron chi connectivity index (χ3n) is 6.50. The van der Waals surface area contributed by atoms with Crippen LogP contribution in [-0.4, -0.2) is 61.6 Å². The molecule has 2 saturated heterocycles. The topological polar surface area (TPSA) is 45.9 Å². The lowest BCUT2D eigenvalue weighted by Crippen LogP contribution is -2.41. The quantitative estimate of drug-likeness (QED) is 0.696. The van der Waals surface area contributed by atoms with Gasteiger partial charge in [0, 0.05) is 38.0 Å². The predicted octanol–water partition coefficient (Wildman–Crippen LogP) is 4.35. The van der Waals surface area contributed by atoms with Gasteiger partial charge < -0.3 is 14.1 Å². The summed E-state index contributed by atoms with van der Waals surface area (Å²) in [4.78, 5) is 18.0. The van der Waals surface area contributed by atoms with Crippen molar-refractivity contribution < 1.29 is 13.9 Å². The number of carbonyl (C=O) groups excluding carboxylic acids is 1. The number of unbranched alkanes of at least 4 members (excludes halogenated alkanes) is 1. The van der Waals surface area contributed by atoms with E-state index in [0.717, 1.165) is 106 Å². The van der Waals surface area contributed by atoms with Crippen LogP contribution in [0.2, 0.25) is 0 Å². The number of para-hydroxylation sites is 1. The highest BCUT2D eigenvalue weighted by Gasteiger charge is 2.28. The number of hydrogen-bond acceptors (Lipinski definition) is 4. The van der Waals surface area contributed by atoms with Crippen molar-refractivity contribution in [1.29, 1.82) is 0 Å². The maximum absolute atomic E-state index is 13.4. The van der Waals surface area contributed by atoms with Gasteiger partial charge in [-0.1, -0.05) is 31.5 Å². The Kier molecular flexibility index (Phi) is 6.88. The Balaban J connectivity index is 1.38. The lowest BCUT2D eigenvalue weighted by Gasteiger charge is -2.34. The molecular formula is C24H34N2O3. The Morgan fingerprint density at radius 2 is 1.86 bits per heavy atom. The van der Waals surface area contributed by atoms with Gasteiger partial charge >= 0.3 is 0 Å². The number of hydrogen-bond donors (Lipinski definition) is 0. The molecule has 158 valence electrons. The Morgan fingerprint density at radius 3 is 2.62 bits per heavy atom. The number of carbonyl (C=O) groups is 1. The molecular weight excluding hydrogens is 364 g/mol. The average Bonchev–Trinajstić information content (AvgIpc) is 3.15. The minimum atomic E-state index is 0.160. The lowest BCUT2D eigenvalue weighted by molar-refractivity contribution is 0.0332. The SMILES string of the molecule is CCCCc1oc2ccccc2c1C(=O)N1CCC(CCN2CCOCC2)CC1. The normalized spacial score (nSPS) is 19.1. The first-order chi connectivity index (χ1) is 14.3. The largest absolute Gasteiger partial charge is 0.460 e. The smallest absolute Gasteiger partial charge is 0.258 e. The second-order valence-corrected chi connectivity index (χ2v) is 8.48. The van der Waals surface area contributed by atoms with Gasteiger partial charge in [-0.15, -0.1) is 0 Å². The summed E-state index contributed by atoms with van der Waals surface area (Å²) in [6.07, 6.45) is 6.43. The third kappa shape index (κ3) is 4.84. The Bertz CT molecular complexity index is 802. The maximum atomic E-state index is 13.4. The number of amides is 1. The van der Waals surface area contributed by atoms with E-state index in [2.05, 4.69) is 16.7 Å². The summed E-state index contributed by atoms with van der Waals surface area (Å²) in [6.45, 7) is 8.91. The van der Waals surface area contributed by atoms with E-state index in [1.54, 1.807) is 0 Å². The van der Waals surface area contributed by atoms with Crippen molar-refractivity contribution in [3.63, 3.8) is 0 Å². The molecule has 0 aliphatic carbocycles. The summed E-state index contributed by atoms with van der Waals surface area (Å²) in [5, 5.41) is 0.970. The molecule has 2 fully saturated rings. The zero-order chi connectivity index (χ0) is 20.1. The average molecular weight is 399 g/mol. The highest BCUT2D eigenvalue weighted by molar-refractivity contribution is 6.07. The summed E-state index contributed by atoms with van der Waals surface area (Å²) < 4.78 is 11.5. The summed E-state index contributed by atoms with van der Waals surface area (Å²) >= 11 is 0. The van der Waals surface area contributed by atoms with E-state index in [9.17, 15) is 4.79 Å². The van der Waals surface area contributed by atoms with E-state index in [1.807, 2.05) is 24.3 Å². The number of aryl methyl sites for hydroxylation is 1. The third-order valence-corrected chi connectivity index (χ3v) is 6.50. The van der Waals surface area contributed by atoms with Crippen molar-refractivity contribution >= 4 is 16.9 Å². The molecule has 2 aliphatic rings. The molecule has 0 unspecified atom stereocenters. The molecule has 2 aromatic rings. The molecule has 1 aromatic heterocycles. The van der Waals surface area contributed by atoms with Crippen molar-refractivity contribution in [3.05, 3.63) is 35.6 Å². The van der Waals surface area contributed by atoms with Crippen molar-refractivity contribution in [2.45, 2.75) is 45.4 Å². The number of piperidine rings is 1. The highest BCUT2D eigenvalue weighted by atomic mass is 16.5. The molecule has 0 radical (unpaired) electrons. The van der Waals surface area contributed by atoms with Gasteiger partial charge in [-0.2, -0.15) is 0 Å². The molecule has 0 saturated carbocycles. The zero-order valence-corrected chi connectivity index (χ0v) is 17.7. The number of morpholine rings is 1. The van der Waals surface area contributed by atoms with Crippen LogP contribution in [0.25, 0.3) is 11.0 Å². The minimum Gasteiger partial charge on any atom is -0.460 e. The molecule has 5 nitrogen and oxygen atoms in total. The minimum absolute atomic E-state index is 0.160. The first-order valence-corrected chi connectivity index (χ1v) is 11.4. The van der Waals surface area contributed by atoms with Gasteiger partial charge in [-0.05, 0) is 44.2 Å². The molecule has 0 spiro atoms. The van der Waals surface area contributed by atoms with Crippen LogP contribution in [0.4, 0.5) is 0 Å². The van der Waals surface area contributed by atoms with Crippen LogP contribution in [-0.2, 0) is 11.2 Å². The van der Waals surface area contributed by atoms with E-state index in [1.165, 1.54) is 6.42 Å². The van der Waals surface area contributed by atoms with E-state index in [0.29, 0.717) is 0 Å². The zero-order valence-electron chi connectivity index (χ0n) is 17.7. The van der Waals surface area contributed by atoms with Crippen molar-refractivity contribution in [2.75, 3.05) is 45.9 Å². The molecule has 5 heteroatoms. The second kappa shape index (κ2) is 9.77. The van der Waals surface area contributed by atoms with Crippen molar-refractivity contribution in [2.24, 2.45) is 5.92 Å². The summed E-state index contributed by atoms with van der Waals surface area (Å²) in [7, 11) is 0. The molecule has 1 aromatic carbocycles. The van der Waals surface area contributed by atoms with Crippen LogP contribution in [0.15, 0.2) is 28.7 Å². The van der Waals surface area contributed by atoms with Crippen LogP contribution >= 0.6 is 0 Å². The molecule has 1 amide bonds. The fourth-order valence-corrected chi connectivity index (χ4v) is 4.62. The number of rotatable bonds is 7. The van der Waals surface area contributed by atoms with E-state index >= 15 is 0 Å². The monoisotopic (exact) mass is 398 g/mol. The first-order valence-electron chi connectivity index (χ1n) is 11.4. The molecule has 2 aliphatic heterocycles. The van der Waals surface area contributed by atoms with Crippen LogP contribution in [0.1, 0.15) is 55.1 Å². The number of nitrogens with zero attached hydrogens (tertiary/aromatic N) is 2. The van der Waals surface area contributed by atoms with Gasteiger partial charge in [0.25, 0.3) is 5.91 Å². The Morgan fingerprint density at radius 1 is 1.10 bits per heavy atom. The number of likely N-dealkylation sites (tertiary alicyclic amines) is 1. The standard InChI is InChI=1S/C24H34N2O3/c1-2-3-7-22-23(20-6-4-5-8-21(20)29-22)24(27)26-13-10-19(11-14-26)9-12-25-15-17-28-18-16-25/h4-6,8,19H,2-3,7,9-18H2,1H3. The summed E-state index contributed by atoms with van der Waals surface area (Å²) in [5.74, 6) is 1.75. The molecule has 3 heterocycles. The fraction of sp³-hybridized carbons (Fsp3) is 0.625. The van der Waals surface area contributed by atoms with Crippen LogP contribution < -0.4 is 0 Å². The van der Waals surface area contributed by atoms with Gasteiger partial charge in [0.05, 0.1) is 18.8 Å². The van der Waals surface area contributed by atoms with Crippen molar-refractivity contribution in [3.8, 4) is 0 Å². The second-order valence-electron chi connectivity index (χ2n) is 8.48. The Hall–Kier alpha value is -1.85. The van der Waals surface area contributed by atoms with E-state index in [-0.39, 0.29) is 5.91 Å². The Labute approximate surface area is 174 Å². The van der Waals surface area contributed by atoms with Gasteiger partial charge in [-0.3, -0.25) is 9.69 Å². The van der Waals surface area contributed by atoms with Gasteiger partial charge in [0.1, 0.15) is 11.3 Å². The number of ether oxygens (including phenoxy) is 1. The van der Waals surface area contributed by atoms with E-state index < -0.39 is 0 Å². The van der Waals surface area contributed by atoms with E-state index in [4.69, 9.17) is 9.15 Å². The van der Waals surface area contributed by atoms with Crippen LogP contribution in [0.3, 0.4) is 0 Å². The van der Waals surface area contributed by atoms with Crippen LogP contribution in [0.5, 0.6) is 0 Å². The molecule has 0 bridgehead atoms. The summed E-state index contributed by atoms with van der Waals surface area (Å²) in [6, 6.07) is 7.97. The molecule has 0 N–H and O–H groups in total. The number of fused-ring (bicyclic) bond motifs is 1. The highest BCUT2D eigenvalue weighted by Crippen LogP contribution is 2.30.